The van der Waals surface area contributed by atoms with Crippen LogP contribution in [0.5, 0.6) is 0 Å². The van der Waals surface area contributed by atoms with Gasteiger partial charge in [-0.3, -0.25) is 9.59 Å². The van der Waals surface area contributed by atoms with Crippen molar-refractivity contribution in [2.75, 3.05) is 11.9 Å². The van der Waals surface area contributed by atoms with E-state index in [9.17, 15) is 14.0 Å². The van der Waals surface area contributed by atoms with Crippen LogP contribution in [0, 0.1) is 11.2 Å². The van der Waals surface area contributed by atoms with E-state index in [0.29, 0.717) is 31.6 Å². The van der Waals surface area contributed by atoms with E-state index in [1.807, 2.05) is 18.2 Å². The smallest absolute Gasteiger partial charge is 0.240 e. The van der Waals surface area contributed by atoms with Gasteiger partial charge in [0.15, 0.2) is 0 Å². The Balaban J connectivity index is 1.49. The molecule has 26 heavy (non-hydrogen) atoms. The highest BCUT2D eigenvalue weighted by Gasteiger charge is 2.58. The van der Waals surface area contributed by atoms with Crippen LogP contribution in [-0.2, 0) is 22.6 Å². The van der Waals surface area contributed by atoms with Gasteiger partial charge in [-0.2, -0.15) is 0 Å². The second kappa shape index (κ2) is 6.40. The van der Waals surface area contributed by atoms with Gasteiger partial charge >= 0.3 is 0 Å². The summed E-state index contributed by atoms with van der Waals surface area (Å²) in [6, 6.07) is 12.1. The first kappa shape index (κ1) is 17.0. The molecule has 2 aromatic carbocycles. The molecule has 6 heteroatoms. The van der Waals surface area contributed by atoms with Crippen molar-refractivity contribution in [2.45, 2.75) is 25.8 Å². The molecule has 0 radical (unpaired) electrons. The summed E-state index contributed by atoms with van der Waals surface area (Å²) in [4.78, 5) is 27.5. The highest BCUT2D eigenvalue weighted by Crippen LogP contribution is 2.48. The van der Waals surface area contributed by atoms with E-state index < -0.39 is 11.2 Å². The Morgan fingerprint density at radius 2 is 1.85 bits per heavy atom. The van der Waals surface area contributed by atoms with Crippen molar-refractivity contribution in [1.82, 2.24) is 4.90 Å². The third kappa shape index (κ3) is 2.97. The Kier molecular flexibility index (Phi) is 4.19. The summed E-state index contributed by atoms with van der Waals surface area (Å²) in [6.45, 7) is 1.15. The molecule has 0 unspecified atom stereocenters. The van der Waals surface area contributed by atoms with Gasteiger partial charge in [-0.15, -0.1) is 0 Å². The summed E-state index contributed by atoms with van der Waals surface area (Å²) in [5.41, 5.74) is 1.78. The number of anilines is 1. The van der Waals surface area contributed by atoms with Crippen molar-refractivity contribution in [1.29, 1.82) is 0 Å². The van der Waals surface area contributed by atoms with Crippen LogP contribution in [0.4, 0.5) is 10.1 Å². The zero-order chi connectivity index (χ0) is 18.3. The highest BCUT2D eigenvalue weighted by atomic mass is 35.5. The maximum Gasteiger partial charge on any atom is 0.240 e. The van der Waals surface area contributed by atoms with Gasteiger partial charge in [0, 0.05) is 18.8 Å². The Hall–Kier alpha value is -2.40. The molecule has 0 spiro atoms. The number of benzene rings is 2. The number of rotatable bonds is 3. The van der Waals surface area contributed by atoms with Gasteiger partial charge in [-0.05, 0) is 48.6 Å². The molecule has 1 aliphatic carbocycles. The standard InChI is InChI=1S/C20H18ClFN2O2/c21-16-11-15(5-6-17(16)22)23-18(25)20(8-9-20)19(26)24-10-7-13-3-1-2-4-14(13)12-24/h1-6,11H,7-10,12H2,(H,23,25). The van der Waals surface area contributed by atoms with Crippen molar-refractivity contribution in [3.8, 4) is 0 Å². The summed E-state index contributed by atoms with van der Waals surface area (Å²) >= 11 is 5.76. The molecule has 4 nitrogen and oxygen atoms in total. The molecule has 1 fully saturated rings. The summed E-state index contributed by atoms with van der Waals surface area (Å²) in [5.74, 6) is -1.02. The lowest BCUT2D eigenvalue weighted by atomic mass is 9.97. The number of hydrogen-bond acceptors (Lipinski definition) is 2. The zero-order valence-electron chi connectivity index (χ0n) is 14.1. The fourth-order valence-electron chi connectivity index (χ4n) is 3.46. The van der Waals surface area contributed by atoms with E-state index in [1.54, 1.807) is 4.90 Å². The summed E-state index contributed by atoms with van der Waals surface area (Å²) in [5, 5.41) is 2.65. The van der Waals surface area contributed by atoms with Gasteiger partial charge in [-0.1, -0.05) is 35.9 Å². The van der Waals surface area contributed by atoms with Crippen LogP contribution in [0.1, 0.15) is 24.0 Å². The molecule has 0 saturated heterocycles. The summed E-state index contributed by atoms with van der Waals surface area (Å²) in [6.07, 6.45) is 1.86. The number of hydrogen-bond donors (Lipinski definition) is 1. The van der Waals surface area contributed by atoms with Crippen molar-refractivity contribution >= 4 is 29.1 Å². The first-order chi connectivity index (χ1) is 12.5. The minimum Gasteiger partial charge on any atom is -0.337 e. The second-order valence-electron chi connectivity index (χ2n) is 6.91. The van der Waals surface area contributed by atoms with E-state index in [0.717, 1.165) is 12.0 Å². The summed E-state index contributed by atoms with van der Waals surface area (Å²) in [7, 11) is 0. The third-order valence-corrected chi connectivity index (χ3v) is 5.48. The van der Waals surface area contributed by atoms with Crippen molar-refractivity contribution in [2.24, 2.45) is 5.41 Å². The normalized spacial score (nSPS) is 17.4. The number of halogens is 2. The van der Waals surface area contributed by atoms with E-state index in [-0.39, 0.29) is 16.8 Å². The topological polar surface area (TPSA) is 49.4 Å². The molecule has 0 atom stereocenters. The Bertz CT molecular complexity index is 895. The van der Waals surface area contributed by atoms with Gasteiger partial charge in [0.1, 0.15) is 11.2 Å². The zero-order valence-corrected chi connectivity index (χ0v) is 14.9. The number of fused-ring (bicyclic) bond motifs is 1. The molecule has 1 N–H and O–H groups in total. The molecule has 4 rings (SSSR count). The van der Waals surface area contributed by atoms with Crippen molar-refractivity contribution in [3.63, 3.8) is 0 Å². The average molecular weight is 373 g/mol. The fraction of sp³-hybridized carbons (Fsp3) is 0.300. The quantitative estimate of drug-likeness (QED) is 0.833. The van der Waals surface area contributed by atoms with Crippen molar-refractivity contribution < 1.29 is 14.0 Å². The molecule has 2 aromatic rings. The molecule has 1 aliphatic heterocycles. The van der Waals surface area contributed by atoms with E-state index in [1.165, 1.54) is 23.8 Å². The minimum absolute atomic E-state index is 0.0633. The average Bonchev–Trinajstić information content (AvgIpc) is 3.46. The molecular weight excluding hydrogens is 355 g/mol. The van der Waals surface area contributed by atoms with Crippen LogP contribution < -0.4 is 5.32 Å². The van der Waals surface area contributed by atoms with Crippen LogP contribution in [0.15, 0.2) is 42.5 Å². The molecule has 0 bridgehead atoms. The SMILES string of the molecule is O=C(Nc1ccc(F)c(Cl)c1)C1(C(=O)N2CCc3ccccc3C2)CC1. The first-order valence-electron chi connectivity index (χ1n) is 8.62. The number of nitrogens with zero attached hydrogens (tertiary/aromatic N) is 1. The fourth-order valence-corrected chi connectivity index (χ4v) is 3.64. The van der Waals surface area contributed by atoms with E-state index in [4.69, 9.17) is 11.6 Å². The lowest BCUT2D eigenvalue weighted by Gasteiger charge is -2.31. The van der Waals surface area contributed by atoms with E-state index >= 15 is 0 Å². The van der Waals surface area contributed by atoms with Gasteiger partial charge < -0.3 is 10.2 Å². The molecule has 1 heterocycles. The van der Waals surface area contributed by atoms with Crippen molar-refractivity contribution in [3.05, 3.63) is 64.4 Å². The molecule has 2 amide bonds. The van der Waals surface area contributed by atoms with Gasteiger partial charge in [-0.25, -0.2) is 4.39 Å². The Labute approximate surface area is 155 Å². The van der Waals surface area contributed by atoms with Crippen LogP contribution >= 0.6 is 11.6 Å². The maximum absolute atomic E-state index is 13.3. The van der Waals surface area contributed by atoms with Gasteiger partial charge in [0.05, 0.1) is 5.02 Å². The number of nitrogens with one attached hydrogen (secondary N) is 1. The second-order valence-corrected chi connectivity index (χ2v) is 7.32. The molecule has 2 aliphatic rings. The predicted molar refractivity (Wildman–Crippen MR) is 97.3 cm³/mol. The van der Waals surface area contributed by atoms with Gasteiger partial charge in [0.2, 0.25) is 11.8 Å². The number of carbonyl (C=O) groups is 2. The van der Waals surface area contributed by atoms with Crippen LogP contribution in [-0.4, -0.2) is 23.3 Å². The predicted octanol–water partition coefficient (Wildman–Crippen LogP) is 3.78. The monoisotopic (exact) mass is 372 g/mol. The molecule has 134 valence electrons. The lowest BCUT2D eigenvalue weighted by Crippen LogP contribution is -2.45. The number of amides is 2. The molecule has 1 saturated carbocycles. The Morgan fingerprint density at radius 1 is 1.12 bits per heavy atom. The minimum atomic E-state index is -1.01. The maximum atomic E-state index is 13.3. The lowest BCUT2D eigenvalue weighted by molar-refractivity contribution is -0.143. The van der Waals surface area contributed by atoms with Crippen LogP contribution in [0.25, 0.3) is 0 Å². The largest absolute Gasteiger partial charge is 0.337 e. The highest BCUT2D eigenvalue weighted by molar-refractivity contribution is 6.31. The van der Waals surface area contributed by atoms with Crippen LogP contribution in [0.3, 0.4) is 0 Å². The van der Waals surface area contributed by atoms with Crippen LogP contribution in [0.2, 0.25) is 5.02 Å². The molecule has 0 aromatic heterocycles. The van der Waals surface area contributed by atoms with Gasteiger partial charge in [0.25, 0.3) is 0 Å². The number of carbonyl (C=O) groups excluding carboxylic acids is 2. The molecular formula is C20H18ClFN2O2. The van der Waals surface area contributed by atoms with E-state index in [2.05, 4.69) is 11.4 Å². The first-order valence-corrected chi connectivity index (χ1v) is 9.00. The Morgan fingerprint density at radius 3 is 2.54 bits per heavy atom. The third-order valence-electron chi connectivity index (χ3n) is 5.19. The summed E-state index contributed by atoms with van der Waals surface area (Å²) < 4.78 is 13.3.